The monoisotopic (exact) mass is 293 g/mol. The molecule has 2 heterocycles. The predicted molar refractivity (Wildman–Crippen MR) is 83.7 cm³/mol. The van der Waals surface area contributed by atoms with E-state index in [-0.39, 0.29) is 10.8 Å². The average molecular weight is 293 g/mol. The van der Waals surface area contributed by atoms with E-state index in [0.29, 0.717) is 11.6 Å². The Morgan fingerprint density at radius 3 is 2.85 bits per heavy atom. The highest BCUT2D eigenvalue weighted by atomic mass is 32.1. The number of fused-ring (bicyclic) bond motifs is 1. The van der Waals surface area contributed by atoms with Crippen LogP contribution in [0, 0.1) is 5.82 Å². The van der Waals surface area contributed by atoms with Crippen LogP contribution in [0.5, 0.6) is 0 Å². The van der Waals surface area contributed by atoms with Crippen LogP contribution in [0.25, 0.3) is 0 Å². The van der Waals surface area contributed by atoms with Crippen molar-refractivity contribution < 1.29 is 4.39 Å². The number of thiocarbonyl (C=S) groups is 1. The second-order valence-electron chi connectivity index (χ2n) is 5.66. The van der Waals surface area contributed by atoms with Crippen molar-refractivity contribution in [3.05, 3.63) is 29.6 Å². The number of anilines is 1. The highest BCUT2D eigenvalue weighted by molar-refractivity contribution is 7.80. The molecule has 1 aromatic rings. The first-order chi connectivity index (χ1) is 9.65. The molecule has 3 rings (SSSR count). The van der Waals surface area contributed by atoms with E-state index in [1.165, 1.54) is 31.5 Å². The van der Waals surface area contributed by atoms with Crippen LogP contribution in [0.4, 0.5) is 10.1 Å². The molecular formula is C15H20FN3S. The minimum atomic E-state index is -0.283. The van der Waals surface area contributed by atoms with Gasteiger partial charge < -0.3 is 10.6 Å². The molecule has 2 fully saturated rings. The molecular weight excluding hydrogens is 273 g/mol. The summed E-state index contributed by atoms with van der Waals surface area (Å²) in [5, 5.41) is 0. The third-order valence-electron chi connectivity index (χ3n) is 4.37. The molecule has 0 aromatic heterocycles. The van der Waals surface area contributed by atoms with Crippen molar-refractivity contribution in [3.8, 4) is 0 Å². The Bertz CT molecular complexity index is 520. The molecule has 5 heteroatoms. The van der Waals surface area contributed by atoms with Gasteiger partial charge in [-0.3, -0.25) is 4.90 Å². The number of halogens is 1. The van der Waals surface area contributed by atoms with Crippen molar-refractivity contribution in [2.75, 3.05) is 31.1 Å². The van der Waals surface area contributed by atoms with Crippen LogP contribution in [0.3, 0.4) is 0 Å². The summed E-state index contributed by atoms with van der Waals surface area (Å²) in [6.45, 7) is 4.34. The molecule has 0 radical (unpaired) electrons. The fourth-order valence-electron chi connectivity index (χ4n) is 3.41. The molecule has 20 heavy (non-hydrogen) atoms. The van der Waals surface area contributed by atoms with Gasteiger partial charge in [-0.05, 0) is 44.0 Å². The largest absolute Gasteiger partial charge is 0.389 e. The van der Waals surface area contributed by atoms with E-state index in [1.807, 2.05) is 6.07 Å². The smallest absolute Gasteiger partial charge is 0.124 e. The van der Waals surface area contributed by atoms with Gasteiger partial charge in [0.1, 0.15) is 10.8 Å². The molecule has 0 amide bonds. The SMILES string of the molecule is NC(=S)c1cc(F)ccc1N1CCCN2CCCC2C1. The molecule has 3 nitrogen and oxygen atoms in total. The Labute approximate surface area is 124 Å². The van der Waals surface area contributed by atoms with E-state index in [2.05, 4.69) is 9.80 Å². The van der Waals surface area contributed by atoms with Crippen molar-refractivity contribution in [1.29, 1.82) is 0 Å². The number of nitrogens with zero attached hydrogens (tertiary/aromatic N) is 2. The quantitative estimate of drug-likeness (QED) is 0.847. The molecule has 2 aliphatic rings. The van der Waals surface area contributed by atoms with Gasteiger partial charge in [-0.15, -0.1) is 0 Å². The Morgan fingerprint density at radius 2 is 2.05 bits per heavy atom. The van der Waals surface area contributed by atoms with E-state index in [9.17, 15) is 4.39 Å². The molecule has 2 saturated heterocycles. The van der Waals surface area contributed by atoms with E-state index in [1.54, 1.807) is 0 Å². The van der Waals surface area contributed by atoms with Crippen LogP contribution in [-0.4, -0.2) is 42.1 Å². The van der Waals surface area contributed by atoms with Gasteiger partial charge >= 0.3 is 0 Å². The zero-order chi connectivity index (χ0) is 14.1. The third kappa shape index (κ3) is 2.65. The fourth-order valence-corrected chi connectivity index (χ4v) is 3.57. The summed E-state index contributed by atoms with van der Waals surface area (Å²) >= 11 is 5.08. The van der Waals surface area contributed by atoms with Crippen molar-refractivity contribution in [3.63, 3.8) is 0 Å². The van der Waals surface area contributed by atoms with Crippen molar-refractivity contribution >= 4 is 22.9 Å². The Hall–Kier alpha value is -1.20. The summed E-state index contributed by atoms with van der Waals surface area (Å²) in [5.74, 6) is -0.283. The van der Waals surface area contributed by atoms with E-state index in [0.717, 1.165) is 31.7 Å². The Morgan fingerprint density at radius 1 is 1.25 bits per heavy atom. The van der Waals surface area contributed by atoms with Crippen molar-refractivity contribution in [2.24, 2.45) is 5.73 Å². The second kappa shape index (κ2) is 5.66. The first-order valence-corrected chi connectivity index (χ1v) is 7.64. The van der Waals surface area contributed by atoms with Crippen molar-refractivity contribution in [1.82, 2.24) is 4.90 Å². The van der Waals surface area contributed by atoms with Crippen LogP contribution in [0.1, 0.15) is 24.8 Å². The number of rotatable bonds is 2. The summed E-state index contributed by atoms with van der Waals surface area (Å²) in [6.07, 6.45) is 3.66. The molecule has 0 aliphatic carbocycles. The molecule has 0 spiro atoms. The summed E-state index contributed by atoms with van der Waals surface area (Å²) < 4.78 is 13.4. The van der Waals surface area contributed by atoms with E-state index >= 15 is 0 Å². The summed E-state index contributed by atoms with van der Waals surface area (Å²) in [5.41, 5.74) is 7.40. The van der Waals surface area contributed by atoms with Gasteiger partial charge in [0.2, 0.25) is 0 Å². The first kappa shape index (κ1) is 13.8. The lowest BCUT2D eigenvalue weighted by molar-refractivity contribution is 0.273. The number of nitrogens with two attached hydrogens (primary N) is 1. The van der Waals surface area contributed by atoms with Gasteiger partial charge in [0.25, 0.3) is 0 Å². The predicted octanol–water partition coefficient (Wildman–Crippen LogP) is 2.13. The van der Waals surface area contributed by atoms with Crippen LogP contribution >= 0.6 is 12.2 Å². The van der Waals surface area contributed by atoms with Gasteiger partial charge in [-0.25, -0.2) is 4.39 Å². The molecule has 1 aromatic carbocycles. The van der Waals surface area contributed by atoms with Gasteiger partial charge in [-0.1, -0.05) is 12.2 Å². The third-order valence-corrected chi connectivity index (χ3v) is 4.59. The minimum Gasteiger partial charge on any atom is -0.389 e. The normalized spacial score (nSPS) is 23.4. The molecule has 108 valence electrons. The summed E-state index contributed by atoms with van der Waals surface area (Å²) in [4.78, 5) is 5.17. The van der Waals surface area contributed by atoms with E-state index < -0.39 is 0 Å². The topological polar surface area (TPSA) is 32.5 Å². The van der Waals surface area contributed by atoms with E-state index in [4.69, 9.17) is 18.0 Å². The maximum absolute atomic E-state index is 13.4. The van der Waals surface area contributed by atoms with Gasteiger partial charge in [0.05, 0.1) is 0 Å². The highest BCUT2D eigenvalue weighted by Crippen LogP contribution is 2.27. The maximum atomic E-state index is 13.4. The van der Waals surface area contributed by atoms with Gasteiger partial charge in [-0.2, -0.15) is 0 Å². The summed E-state index contributed by atoms with van der Waals surface area (Å²) in [6, 6.07) is 5.37. The van der Waals surface area contributed by atoms with Crippen LogP contribution < -0.4 is 10.6 Å². The fraction of sp³-hybridized carbons (Fsp3) is 0.533. The molecule has 1 unspecified atom stereocenters. The molecule has 1 atom stereocenters. The second-order valence-corrected chi connectivity index (χ2v) is 6.10. The highest BCUT2D eigenvalue weighted by Gasteiger charge is 2.29. The molecule has 0 saturated carbocycles. The number of benzene rings is 1. The van der Waals surface area contributed by atoms with Crippen LogP contribution in [0.15, 0.2) is 18.2 Å². The Kier molecular flexibility index (Phi) is 3.89. The molecule has 0 bridgehead atoms. The molecule has 2 N–H and O–H groups in total. The summed E-state index contributed by atoms with van der Waals surface area (Å²) in [7, 11) is 0. The van der Waals surface area contributed by atoms with Crippen LogP contribution in [-0.2, 0) is 0 Å². The zero-order valence-electron chi connectivity index (χ0n) is 11.5. The van der Waals surface area contributed by atoms with Gasteiger partial charge in [0.15, 0.2) is 0 Å². The zero-order valence-corrected chi connectivity index (χ0v) is 12.3. The number of hydrogen-bond acceptors (Lipinski definition) is 3. The standard InChI is InChI=1S/C15H20FN3S/c16-11-4-5-14(13(9-11)15(17)20)19-8-2-7-18-6-1-3-12(18)10-19/h4-5,9,12H,1-3,6-8,10H2,(H2,17,20). The lowest BCUT2D eigenvalue weighted by Gasteiger charge is -2.28. The maximum Gasteiger partial charge on any atom is 0.124 e. The minimum absolute atomic E-state index is 0.270. The lowest BCUT2D eigenvalue weighted by Crippen LogP contribution is -2.37. The van der Waals surface area contributed by atoms with Crippen LogP contribution in [0.2, 0.25) is 0 Å². The Balaban J connectivity index is 1.89. The first-order valence-electron chi connectivity index (χ1n) is 7.23. The number of hydrogen-bond donors (Lipinski definition) is 1. The molecule has 2 aliphatic heterocycles. The van der Waals surface area contributed by atoms with Gasteiger partial charge in [0, 0.05) is 36.9 Å². The lowest BCUT2D eigenvalue weighted by atomic mass is 10.1. The van der Waals surface area contributed by atoms with Crippen molar-refractivity contribution in [2.45, 2.75) is 25.3 Å². The average Bonchev–Trinajstić information content (AvgIpc) is 2.76.